The topological polar surface area (TPSA) is 79.5 Å². The zero-order valence-electron chi connectivity index (χ0n) is 15.0. The lowest BCUT2D eigenvalue weighted by Crippen LogP contribution is -2.47. The molecule has 26 heavy (non-hydrogen) atoms. The van der Waals surface area contributed by atoms with Crippen LogP contribution in [0, 0.1) is 19.8 Å². The predicted octanol–water partition coefficient (Wildman–Crippen LogP) is 1.95. The number of carbonyl (C=O) groups is 2. The quantitative estimate of drug-likeness (QED) is 0.842. The van der Waals surface area contributed by atoms with Gasteiger partial charge in [0, 0.05) is 30.9 Å². The molecule has 7 nitrogen and oxygen atoms in total. The van der Waals surface area contributed by atoms with E-state index < -0.39 is 0 Å². The Morgan fingerprint density at radius 1 is 1.27 bits per heavy atom. The SMILES string of the molecule is Cc1noc(C)c1CN1C(=O)[C@H]2CC[C@@H]1CN(C(=O)c1ccccn1)C2. The van der Waals surface area contributed by atoms with Crippen LogP contribution < -0.4 is 0 Å². The van der Waals surface area contributed by atoms with E-state index in [1.165, 1.54) is 0 Å². The lowest BCUT2D eigenvalue weighted by Gasteiger charge is -2.35. The van der Waals surface area contributed by atoms with Crippen LogP contribution in [0.5, 0.6) is 0 Å². The Morgan fingerprint density at radius 2 is 2.12 bits per heavy atom. The highest BCUT2D eigenvalue weighted by atomic mass is 16.5. The number of carbonyl (C=O) groups excluding carboxylic acids is 2. The molecule has 0 aromatic carbocycles. The summed E-state index contributed by atoms with van der Waals surface area (Å²) in [4.78, 5) is 33.7. The minimum Gasteiger partial charge on any atom is -0.361 e. The van der Waals surface area contributed by atoms with Gasteiger partial charge in [-0.05, 0) is 38.8 Å². The van der Waals surface area contributed by atoms with Crippen LogP contribution in [0.1, 0.15) is 40.3 Å². The molecule has 7 heteroatoms. The molecule has 0 spiro atoms. The van der Waals surface area contributed by atoms with Crippen molar-refractivity contribution in [3.05, 3.63) is 47.1 Å². The Balaban J connectivity index is 1.58. The van der Waals surface area contributed by atoms with Crippen molar-refractivity contribution in [3.63, 3.8) is 0 Å². The van der Waals surface area contributed by atoms with Gasteiger partial charge in [0.05, 0.1) is 18.2 Å². The summed E-state index contributed by atoms with van der Waals surface area (Å²) in [5.41, 5.74) is 2.21. The van der Waals surface area contributed by atoms with Gasteiger partial charge in [0.25, 0.3) is 5.91 Å². The molecule has 3 fully saturated rings. The number of hydrogen-bond acceptors (Lipinski definition) is 5. The van der Waals surface area contributed by atoms with Crippen molar-refractivity contribution in [2.45, 2.75) is 39.3 Å². The molecule has 0 saturated carbocycles. The first-order valence-corrected chi connectivity index (χ1v) is 8.97. The molecule has 3 aliphatic rings. The van der Waals surface area contributed by atoms with E-state index in [0.29, 0.717) is 25.3 Å². The Kier molecular flexibility index (Phi) is 4.22. The lowest BCUT2D eigenvalue weighted by molar-refractivity contribution is -0.140. The molecule has 5 rings (SSSR count). The van der Waals surface area contributed by atoms with E-state index in [1.807, 2.05) is 24.8 Å². The maximum absolute atomic E-state index is 13.0. The van der Waals surface area contributed by atoms with E-state index in [-0.39, 0.29) is 23.8 Å². The molecule has 5 heterocycles. The summed E-state index contributed by atoms with van der Waals surface area (Å²) in [6, 6.07) is 5.33. The molecule has 0 radical (unpaired) electrons. The van der Waals surface area contributed by atoms with Crippen LogP contribution in [0.2, 0.25) is 0 Å². The number of nitrogens with zero attached hydrogens (tertiary/aromatic N) is 4. The molecule has 2 aromatic heterocycles. The highest BCUT2D eigenvalue weighted by Crippen LogP contribution is 2.31. The number of amides is 2. The summed E-state index contributed by atoms with van der Waals surface area (Å²) in [5.74, 6) is 0.616. The Bertz CT molecular complexity index is 813. The van der Waals surface area contributed by atoms with Crippen LogP contribution in [0.25, 0.3) is 0 Å². The number of fused-ring (bicyclic) bond motifs is 4. The van der Waals surface area contributed by atoms with Crippen molar-refractivity contribution in [2.24, 2.45) is 5.92 Å². The van der Waals surface area contributed by atoms with Crippen LogP contribution in [-0.4, -0.2) is 50.9 Å². The van der Waals surface area contributed by atoms with E-state index >= 15 is 0 Å². The van der Waals surface area contributed by atoms with Crippen molar-refractivity contribution < 1.29 is 14.1 Å². The molecule has 2 amide bonds. The fourth-order valence-corrected chi connectivity index (χ4v) is 3.96. The normalized spacial score (nSPS) is 22.6. The molecule has 136 valence electrons. The van der Waals surface area contributed by atoms with Crippen LogP contribution in [0.3, 0.4) is 0 Å². The molecule has 3 saturated heterocycles. The summed E-state index contributed by atoms with van der Waals surface area (Å²) in [6.45, 7) is 5.26. The number of hydrogen-bond donors (Lipinski definition) is 0. The summed E-state index contributed by atoms with van der Waals surface area (Å²) < 4.78 is 5.24. The monoisotopic (exact) mass is 354 g/mol. The van der Waals surface area contributed by atoms with Gasteiger partial charge in [0.1, 0.15) is 11.5 Å². The van der Waals surface area contributed by atoms with E-state index in [1.54, 1.807) is 23.2 Å². The number of aryl methyl sites for hydroxylation is 2. The minimum atomic E-state index is -0.151. The van der Waals surface area contributed by atoms with Crippen molar-refractivity contribution >= 4 is 11.8 Å². The summed E-state index contributed by atoms with van der Waals surface area (Å²) in [7, 11) is 0. The molecule has 2 aromatic rings. The summed E-state index contributed by atoms with van der Waals surface area (Å²) >= 11 is 0. The third-order valence-electron chi connectivity index (χ3n) is 5.47. The van der Waals surface area contributed by atoms with Gasteiger partial charge in [-0.1, -0.05) is 11.2 Å². The van der Waals surface area contributed by atoms with Crippen LogP contribution in [-0.2, 0) is 11.3 Å². The largest absolute Gasteiger partial charge is 0.361 e. The fraction of sp³-hybridized carbons (Fsp3) is 0.474. The molecule has 2 atom stereocenters. The van der Waals surface area contributed by atoms with Gasteiger partial charge in [-0.25, -0.2) is 0 Å². The van der Waals surface area contributed by atoms with Crippen LogP contribution >= 0.6 is 0 Å². The van der Waals surface area contributed by atoms with Gasteiger partial charge in [0.15, 0.2) is 0 Å². The van der Waals surface area contributed by atoms with Gasteiger partial charge >= 0.3 is 0 Å². The molecule has 0 unspecified atom stereocenters. The van der Waals surface area contributed by atoms with E-state index in [0.717, 1.165) is 29.9 Å². The zero-order chi connectivity index (χ0) is 18.3. The Labute approximate surface area is 152 Å². The maximum atomic E-state index is 13.0. The number of pyridine rings is 1. The predicted molar refractivity (Wildman–Crippen MR) is 93.2 cm³/mol. The molecule has 0 aliphatic carbocycles. The van der Waals surface area contributed by atoms with Crippen molar-refractivity contribution in [1.82, 2.24) is 19.9 Å². The Hall–Kier alpha value is -2.70. The number of aromatic nitrogens is 2. The van der Waals surface area contributed by atoms with Crippen molar-refractivity contribution in [1.29, 1.82) is 0 Å². The highest BCUT2D eigenvalue weighted by Gasteiger charge is 2.42. The smallest absolute Gasteiger partial charge is 0.272 e. The maximum Gasteiger partial charge on any atom is 0.272 e. The van der Waals surface area contributed by atoms with Crippen molar-refractivity contribution in [2.75, 3.05) is 13.1 Å². The zero-order valence-corrected chi connectivity index (χ0v) is 15.0. The van der Waals surface area contributed by atoms with Gasteiger partial charge in [0.2, 0.25) is 5.91 Å². The van der Waals surface area contributed by atoms with E-state index in [2.05, 4.69) is 10.1 Å². The van der Waals surface area contributed by atoms with Gasteiger partial charge in [-0.2, -0.15) is 0 Å². The molecule has 0 N–H and O–H groups in total. The van der Waals surface area contributed by atoms with Gasteiger partial charge in [-0.15, -0.1) is 0 Å². The van der Waals surface area contributed by atoms with Gasteiger partial charge < -0.3 is 14.3 Å². The van der Waals surface area contributed by atoms with E-state index in [4.69, 9.17) is 4.52 Å². The average Bonchev–Trinajstić information content (AvgIpc) is 2.82. The second kappa shape index (κ2) is 6.55. The third-order valence-corrected chi connectivity index (χ3v) is 5.47. The number of rotatable bonds is 3. The highest BCUT2D eigenvalue weighted by molar-refractivity contribution is 5.93. The standard InChI is InChI=1S/C19H22N4O3/c1-12-16(13(2)26-21-12)11-23-15-7-6-14(18(23)24)9-22(10-15)19(25)17-5-3-4-8-20-17/h3-5,8,14-15H,6-7,9-11H2,1-2H3/t14-,15+/m0/s1. The van der Waals surface area contributed by atoms with Gasteiger partial charge in [-0.3, -0.25) is 14.6 Å². The van der Waals surface area contributed by atoms with Crippen molar-refractivity contribution in [3.8, 4) is 0 Å². The fourth-order valence-electron chi connectivity index (χ4n) is 3.96. The molecule has 2 bridgehead atoms. The second-order valence-corrected chi connectivity index (χ2v) is 7.12. The average molecular weight is 354 g/mol. The lowest BCUT2D eigenvalue weighted by atomic mass is 9.93. The third kappa shape index (κ3) is 2.87. The second-order valence-electron chi connectivity index (χ2n) is 7.12. The summed E-state index contributed by atoms with van der Waals surface area (Å²) in [5, 5.41) is 3.99. The first-order valence-electron chi connectivity index (χ1n) is 8.97. The minimum absolute atomic E-state index is 0.0163. The Morgan fingerprint density at radius 3 is 2.81 bits per heavy atom. The first-order chi connectivity index (χ1) is 12.5. The molecule has 3 aliphatic heterocycles. The van der Waals surface area contributed by atoms with Crippen LogP contribution in [0.4, 0.5) is 0 Å². The number of piperidine rings is 1. The molecular weight excluding hydrogens is 332 g/mol. The first kappa shape index (κ1) is 16.8. The summed E-state index contributed by atoms with van der Waals surface area (Å²) in [6.07, 6.45) is 3.36. The van der Waals surface area contributed by atoms with E-state index in [9.17, 15) is 9.59 Å². The molecular formula is C19H22N4O3. The van der Waals surface area contributed by atoms with Crippen LogP contribution in [0.15, 0.2) is 28.9 Å².